The van der Waals surface area contributed by atoms with Crippen LogP contribution < -0.4 is 0 Å². The van der Waals surface area contributed by atoms with E-state index in [0.29, 0.717) is 23.6 Å². The van der Waals surface area contributed by atoms with Crippen molar-refractivity contribution >= 4 is 17.2 Å². The molecule has 0 spiro atoms. The van der Waals surface area contributed by atoms with E-state index in [2.05, 4.69) is 30.7 Å². The van der Waals surface area contributed by atoms with E-state index in [1.54, 1.807) is 11.3 Å². The number of hydrogen-bond acceptors (Lipinski definition) is 5. The zero-order valence-corrected chi connectivity index (χ0v) is 14.4. The molecule has 2 atom stereocenters. The molecule has 22 heavy (non-hydrogen) atoms. The molecule has 0 saturated carbocycles. The molecule has 2 fully saturated rings. The first-order valence-corrected chi connectivity index (χ1v) is 9.00. The van der Waals surface area contributed by atoms with Crippen LogP contribution in [-0.2, 0) is 4.74 Å². The standard InChI is InChI=1S/C16H25N3O2S/c1-11(2)15-17-13(10-22-15)16(20)19-8-12(3)14(9-19)18-4-6-21-7-5-18/h10-12,14H,4-9H2,1-3H3/t12-,14-/m1/s1. The molecule has 5 nitrogen and oxygen atoms in total. The number of hydrogen-bond donors (Lipinski definition) is 0. The summed E-state index contributed by atoms with van der Waals surface area (Å²) in [5.41, 5.74) is 0.614. The van der Waals surface area contributed by atoms with Crippen molar-refractivity contribution in [1.82, 2.24) is 14.8 Å². The van der Waals surface area contributed by atoms with Gasteiger partial charge in [0, 0.05) is 43.5 Å². The van der Waals surface area contributed by atoms with E-state index >= 15 is 0 Å². The molecule has 1 amide bonds. The molecule has 0 aromatic carbocycles. The molecule has 0 aliphatic carbocycles. The van der Waals surface area contributed by atoms with Gasteiger partial charge in [-0.2, -0.15) is 0 Å². The van der Waals surface area contributed by atoms with Gasteiger partial charge in [-0.25, -0.2) is 4.98 Å². The van der Waals surface area contributed by atoms with Gasteiger partial charge in [0.15, 0.2) is 0 Å². The lowest BCUT2D eigenvalue weighted by Gasteiger charge is -2.33. The van der Waals surface area contributed by atoms with Crippen LogP contribution in [0.4, 0.5) is 0 Å². The van der Waals surface area contributed by atoms with Crippen LogP contribution in [0, 0.1) is 5.92 Å². The normalized spacial score (nSPS) is 26.8. The van der Waals surface area contributed by atoms with Gasteiger partial charge in [0.2, 0.25) is 0 Å². The van der Waals surface area contributed by atoms with Crippen molar-refractivity contribution in [1.29, 1.82) is 0 Å². The third-order valence-electron chi connectivity index (χ3n) is 4.61. The number of carbonyl (C=O) groups excluding carboxylic acids is 1. The lowest BCUT2D eigenvalue weighted by Crippen LogP contribution is -2.47. The summed E-state index contributed by atoms with van der Waals surface area (Å²) in [4.78, 5) is 21.6. The Balaban J connectivity index is 1.66. The Labute approximate surface area is 136 Å². The van der Waals surface area contributed by atoms with Gasteiger partial charge in [0.25, 0.3) is 5.91 Å². The van der Waals surface area contributed by atoms with Crippen LogP contribution in [0.2, 0.25) is 0 Å². The molecule has 1 aromatic heterocycles. The molecule has 6 heteroatoms. The van der Waals surface area contributed by atoms with E-state index in [-0.39, 0.29) is 5.91 Å². The minimum Gasteiger partial charge on any atom is -0.379 e. The average molecular weight is 323 g/mol. The fraction of sp³-hybridized carbons (Fsp3) is 0.750. The first-order valence-electron chi connectivity index (χ1n) is 8.12. The van der Waals surface area contributed by atoms with Gasteiger partial charge in [0.1, 0.15) is 5.69 Å². The summed E-state index contributed by atoms with van der Waals surface area (Å²) in [5, 5.41) is 2.95. The Morgan fingerprint density at radius 1 is 1.36 bits per heavy atom. The number of thiazole rings is 1. The van der Waals surface area contributed by atoms with E-state index < -0.39 is 0 Å². The molecule has 2 saturated heterocycles. The van der Waals surface area contributed by atoms with E-state index in [1.165, 1.54) is 0 Å². The summed E-state index contributed by atoms with van der Waals surface area (Å²) in [5.74, 6) is 0.973. The Bertz CT molecular complexity index is 525. The van der Waals surface area contributed by atoms with E-state index in [1.807, 2.05) is 10.3 Å². The van der Waals surface area contributed by atoms with E-state index in [9.17, 15) is 4.79 Å². The Morgan fingerprint density at radius 3 is 2.73 bits per heavy atom. The van der Waals surface area contributed by atoms with Gasteiger partial charge in [-0.15, -0.1) is 11.3 Å². The summed E-state index contributed by atoms with van der Waals surface area (Å²) in [6.07, 6.45) is 0. The highest BCUT2D eigenvalue weighted by molar-refractivity contribution is 7.09. The quantitative estimate of drug-likeness (QED) is 0.854. The summed E-state index contributed by atoms with van der Waals surface area (Å²) in [6.45, 7) is 11.7. The summed E-state index contributed by atoms with van der Waals surface area (Å²) >= 11 is 1.59. The van der Waals surface area contributed by atoms with Crippen LogP contribution in [0.1, 0.15) is 42.2 Å². The highest BCUT2D eigenvalue weighted by Crippen LogP contribution is 2.25. The van der Waals surface area contributed by atoms with Crippen molar-refractivity contribution in [3.63, 3.8) is 0 Å². The van der Waals surface area contributed by atoms with Crippen molar-refractivity contribution in [3.05, 3.63) is 16.1 Å². The van der Waals surface area contributed by atoms with Crippen LogP contribution in [0.25, 0.3) is 0 Å². The van der Waals surface area contributed by atoms with Gasteiger partial charge in [-0.3, -0.25) is 9.69 Å². The topological polar surface area (TPSA) is 45.7 Å². The first-order chi connectivity index (χ1) is 10.6. The van der Waals surface area contributed by atoms with Crippen molar-refractivity contribution in [2.45, 2.75) is 32.7 Å². The van der Waals surface area contributed by atoms with Crippen LogP contribution in [0.5, 0.6) is 0 Å². The fourth-order valence-electron chi connectivity index (χ4n) is 3.31. The van der Waals surface area contributed by atoms with Crippen LogP contribution in [-0.4, -0.2) is 66.1 Å². The number of rotatable bonds is 3. The maximum absolute atomic E-state index is 12.7. The lowest BCUT2D eigenvalue weighted by molar-refractivity contribution is 0.0119. The van der Waals surface area contributed by atoms with Gasteiger partial charge in [-0.05, 0) is 5.92 Å². The number of amides is 1. The van der Waals surface area contributed by atoms with Gasteiger partial charge in [-0.1, -0.05) is 20.8 Å². The second-order valence-electron chi connectivity index (χ2n) is 6.63. The Hall–Kier alpha value is -0.980. The Kier molecular flexibility index (Phi) is 4.80. The number of aromatic nitrogens is 1. The smallest absolute Gasteiger partial charge is 0.273 e. The molecular weight excluding hydrogens is 298 g/mol. The van der Waals surface area contributed by atoms with Crippen LogP contribution in [0.3, 0.4) is 0 Å². The number of carbonyl (C=O) groups is 1. The molecule has 3 heterocycles. The molecule has 122 valence electrons. The number of nitrogens with zero attached hydrogens (tertiary/aromatic N) is 3. The van der Waals surface area contributed by atoms with E-state index in [0.717, 1.165) is 44.4 Å². The molecule has 2 aliphatic heterocycles. The molecule has 2 aliphatic rings. The molecule has 0 unspecified atom stereocenters. The molecule has 3 rings (SSSR count). The highest BCUT2D eigenvalue weighted by atomic mass is 32.1. The third kappa shape index (κ3) is 3.19. The van der Waals surface area contributed by atoms with Crippen LogP contribution in [0.15, 0.2) is 5.38 Å². The summed E-state index contributed by atoms with van der Waals surface area (Å²) in [6, 6.07) is 0.455. The first kappa shape index (κ1) is 15.9. The predicted octanol–water partition coefficient (Wildman–Crippen LogP) is 2.06. The average Bonchev–Trinajstić information content (AvgIpc) is 3.14. The monoisotopic (exact) mass is 323 g/mol. The highest BCUT2D eigenvalue weighted by Gasteiger charge is 2.37. The molecule has 0 radical (unpaired) electrons. The number of likely N-dealkylation sites (tertiary alicyclic amines) is 1. The van der Waals surface area contributed by atoms with E-state index in [4.69, 9.17) is 4.74 Å². The SMILES string of the molecule is CC(C)c1nc(C(=O)N2C[C@@H](C)[C@H](N3CCOCC3)C2)cs1. The Morgan fingerprint density at radius 2 is 2.09 bits per heavy atom. The van der Waals surface area contributed by atoms with Gasteiger partial charge < -0.3 is 9.64 Å². The van der Waals surface area contributed by atoms with Crippen molar-refractivity contribution in [2.75, 3.05) is 39.4 Å². The maximum atomic E-state index is 12.7. The molecule has 0 bridgehead atoms. The predicted molar refractivity (Wildman–Crippen MR) is 87.5 cm³/mol. The summed E-state index contributed by atoms with van der Waals surface area (Å²) in [7, 11) is 0. The van der Waals surface area contributed by atoms with Crippen molar-refractivity contribution in [3.8, 4) is 0 Å². The molecular formula is C16H25N3O2S. The third-order valence-corrected chi connectivity index (χ3v) is 5.75. The molecule has 0 N–H and O–H groups in total. The van der Waals surface area contributed by atoms with Crippen molar-refractivity contribution < 1.29 is 9.53 Å². The zero-order valence-electron chi connectivity index (χ0n) is 13.6. The minimum atomic E-state index is 0.0887. The largest absolute Gasteiger partial charge is 0.379 e. The van der Waals surface area contributed by atoms with Gasteiger partial charge >= 0.3 is 0 Å². The van der Waals surface area contributed by atoms with Crippen LogP contribution >= 0.6 is 11.3 Å². The lowest BCUT2D eigenvalue weighted by atomic mass is 10.0. The summed E-state index contributed by atoms with van der Waals surface area (Å²) < 4.78 is 5.43. The maximum Gasteiger partial charge on any atom is 0.273 e. The fourth-order valence-corrected chi connectivity index (χ4v) is 4.12. The zero-order chi connectivity index (χ0) is 15.7. The number of ether oxygens (including phenoxy) is 1. The second kappa shape index (κ2) is 6.64. The van der Waals surface area contributed by atoms with Gasteiger partial charge in [0.05, 0.1) is 18.2 Å². The molecule has 1 aromatic rings. The minimum absolute atomic E-state index is 0.0887. The second-order valence-corrected chi connectivity index (χ2v) is 7.52. The number of morpholine rings is 1. The van der Waals surface area contributed by atoms with Crippen molar-refractivity contribution in [2.24, 2.45) is 5.92 Å².